The second-order valence-corrected chi connectivity index (χ2v) is 6.51. The maximum Gasteiger partial charge on any atom is 0.326 e. The van der Waals surface area contributed by atoms with Crippen LogP contribution in [-0.4, -0.2) is 49.2 Å². The lowest BCUT2D eigenvalue weighted by Gasteiger charge is -2.23. The van der Waals surface area contributed by atoms with Crippen LogP contribution in [0, 0.1) is 0 Å². The third kappa shape index (κ3) is 3.50. The molecule has 1 atom stereocenters. The molecule has 0 fully saturated rings. The van der Waals surface area contributed by atoms with E-state index in [9.17, 15) is 9.59 Å². The molecule has 0 spiro atoms. The lowest BCUT2D eigenvalue weighted by molar-refractivity contribution is -0.141. The third-order valence-corrected chi connectivity index (χ3v) is 4.89. The standard InChI is InChI=1S/C18H18N4O3S/c1-3-21(12(2)18(24)25)17(23)15-11-26-16(20-15)13-9-19-22(10-13)14-7-5-4-6-8-14/h4-12H,3H2,1-2H3,(H,24,25). The minimum Gasteiger partial charge on any atom is -0.480 e. The van der Waals surface area contributed by atoms with Gasteiger partial charge in [0, 0.05) is 23.7 Å². The molecule has 1 unspecified atom stereocenters. The summed E-state index contributed by atoms with van der Waals surface area (Å²) in [5.41, 5.74) is 1.97. The highest BCUT2D eigenvalue weighted by atomic mass is 32.1. The summed E-state index contributed by atoms with van der Waals surface area (Å²) < 4.78 is 1.74. The van der Waals surface area contributed by atoms with Gasteiger partial charge < -0.3 is 10.0 Å². The minimum atomic E-state index is -1.04. The molecule has 0 aliphatic heterocycles. The number of likely N-dealkylation sites (N-methyl/N-ethyl adjacent to an activating group) is 1. The van der Waals surface area contributed by atoms with E-state index in [0.29, 0.717) is 11.6 Å². The number of aliphatic carboxylic acids is 1. The number of benzene rings is 1. The van der Waals surface area contributed by atoms with E-state index in [4.69, 9.17) is 5.11 Å². The number of carboxylic acids is 1. The zero-order valence-corrected chi connectivity index (χ0v) is 15.2. The quantitative estimate of drug-likeness (QED) is 0.721. The highest BCUT2D eigenvalue weighted by Crippen LogP contribution is 2.25. The predicted octanol–water partition coefficient (Wildman–Crippen LogP) is 2.93. The summed E-state index contributed by atoms with van der Waals surface area (Å²) in [5, 5.41) is 15.8. The Labute approximate surface area is 154 Å². The van der Waals surface area contributed by atoms with Gasteiger partial charge in [-0.15, -0.1) is 11.3 Å². The van der Waals surface area contributed by atoms with Gasteiger partial charge in [0.1, 0.15) is 16.7 Å². The maximum atomic E-state index is 12.6. The first-order chi connectivity index (χ1) is 12.5. The molecule has 26 heavy (non-hydrogen) atoms. The molecule has 7 nitrogen and oxygen atoms in total. The predicted molar refractivity (Wildman–Crippen MR) is 98.5 cm³/mol. The Bertz CT molecular complexity index is 919. The number of thiazole rings is 1. The lowest BCUT2D eigenvalue weighted by Crippen LogP contribution is -2.43. The number of hydrogen-bond acceptors (Lipinski definition) is 5. The van der Waals surface area contributed by atoms with Gasteiger partial charge in [-0.2, -0.15) is 5.10 Å². The number of aromatic nitrogens is 3. The van der Waals surface area contributed by atoms with Crippen LogP contribution in [0.1, 0.15) is 24.3 Å². The largest absolute Gasteiger partial charge is 0.480 e. The second-order valence-electron chi connectivity index (χ2n) is 5.65. The van der Waals surface area contributed by atoms with Gasteiger partial charge in [0.25, 0.3) is 5.91 Å². The second kappa shape index (κ2) is 7.49. The molecule has 3 aromatic rings. The van der Waals surface area contributed by atoms with Crippen LogP contribution >= 0.6 is 11.3 Å². The molecule has 0 aliphatic carbocycles. The molecular formula is C18H18N4O3S. The summed E-state index contributed by atoms with van der Waals surface area (Å²) in [7, 11) is 0. The third-order valence-electron chi connectivity index (χ3n) is 4.00. The van der Waals surface area contributed by atoms with Crippen molar-refractivity contribution in [1.29, 1.82) is 0 Å². The van der Waals surface area contributed by atoms with Crippen LogP contribution in [0.5, 0.6) is 0 Å². The molecule has 134 valence electrons. The lowest BCUT2D eigenvalue weighted by atomic mass is 10.2. The van der Waals surface area contributed by atoms with Crippen LogP contribution in [0.25, 0.3) is 16.3 Å². The average molecular weight is 370 g/mol. The molecule has 1 N–H and O–H groups in total. The number of nitrogens with zero attached hydrogens (tertiary/aromatic N) is 4. The zero-order chi connectivity index (χ0) is 18.7. The fourth-order valence-corrected chi connectivity index (χ4v) is 3.30. The number of carboxylic acid groups (broad SMARTS) is 1. The molecule has 0 radical (unpaired) electrons. The van der Waals surface area contributed by atoms with Gasteiger partial charge in [-0.3, -0.25) is 4.79 Å². The first-order valence-corrected chi connectivity index (χ1v) is 8.99. The van der Waals surface area contributed by atoms with Gasteiger partial charge in [-0.05, 0) is 26.0 Å². The van der Waals surface area contributed by atoms with E-state index in [1.165, 1.54) is 23.2 Å². The van der Waals surface area contributed by atoms with E-state index in [1.807, 2.05) is 36.5 Å². The van der Waals surface area contributed by atoms with Gasteiger partial charge in [0.15, 0.2) is 0 Å². The molecule has 2 heterocycles. The zero-order valence-electron chi connectivity index (χ0n) is 14.4. The van der Waals surface area contributed by atoms with E-state index in [0.717, 1.165) is 11.3 Å². The van der Waals surface area contributed by atoms with Gasteiger partial charge in [0.2, 0.25) is 0 Å². The Morgan fingerprint density at radius 2 is 2.04 bits per heavy atom. The summed E-state index contributed by atoms with van der Waals surface area (Å²) in [6.45, 7) is 3.53. The monoisotopic (exact) mass is 370 g/mol. The molecule has 3 rings (SSSR count). The van der Waals surface area contributed by atoms with Crippen LogP contribution in [0.4, 0.5) is 0 Å². The van der Waals surface area contributed by atoms with Crippen LogP contribution in [-0.2, 0) is 4.79 Å². The van der Waals surface area contributed by atoms with Crippen molar-refractivity contribution < 1.29 is 14.7 Å². The van der Waals surface area contributed by atoms with E-state index < -0.39 is 12.0 Å². The van der Waals surface area contributed by atoms with Crippen LogP contribution in [0.2, 0.25) is 0 Å². The summed E-state index contributed by atoms with van der Waals surface area (Å²) >= 11 is 1.33. The SMILES string of the molecule is CCN(C(=O)c1csc(-c2cnn(-c3ccccc3)c2)n1)C(C)C(=O)O. The Morgan fingerprint density at radius 3 is 2.69 bits per heavy atom. The topological polar surface area (TPSA) is 88.3 Å². The smallest absolute Gasteiger partial charge is 0.326 e. The molecule has 0 aliphatic rings. The summed E-state index contributed by atoms with van der Waals surface area (Å²) in [5.74, 6) is -1.43. The summed E-state index contributed by atoms with van der Waals surface area (Å²) in [6, 6.07) is 8.78. The van der Waals surface area contributed by atoms with Crippen molar-refractivity contribution in [3.05, 3.63) is 53.8 Å². The first-order valence-electron chi connectivity index (χ1n) is 8.11. The van der Waals surface area contributed by atoms with Crippen molar-refractivity contribution in [3.63, 3.8) is 0 Å². The van der Waals surface area contributed by atoms with Crippen LogP contribution in [0.15, 0.2) is 48.1 Å². The van der Waals surface area contributed by atoms with Crippen molar-refractivity contribution in [3.8, 4) is 16.3 Å². The molecule has 0 saturated carbocycles. The van der Waals surface area contributed by atoms with Gasteiger partial charge in [0.05, 0.1) is 11.9 Å². The molecular weight excluding hydrogens is 352 g/mol. The van der Waals surface area contributed by atoms with E-state index in [1.54, 1.807) is 23.2 Å². The fourth-order valence-electron chi connectivity index (χ4n) is 2.53. The number of carbonyl (C=O) groups excluding carboxylic acids is 1. The molecule has 2 aromatic heterocycles. The van der Waals surface area contributed by atoms with E-state index in [2.05, 4.69) is 10.1 Å². The van der Waals surface area contributed by atoms with E-state index >= 15 is 0 Å². The first kappa shape index (κ1) is 17.8. The number of hydrogen-bond donors (Lipinski definition) is 1. The number of carbonyl (C=O) groups is 2. The molecule has 0 saturated heterocycles. The van der Waals surface area contributed by atoms with Crippen molar-refractivity contribution in [2.45, 2.75) is 19.9 Å². The summed E-state index contributed by atoms with van der Waals surface area (Å²) in [4.78, 5) is 29.4. The highest BCUT2D eigenvalue weighted by molar-refractivity contribution is 7.13. The minimum absolute atomic E-state index is 0.243. The highest BCUT2D eigenvalue weighted by Gasteiger charge is 2.26. The number of rotatable bonds is 6. The van der Waals surface area contributed by atoms with Gasteiger partial charge in [-0.1, -0.05) is 18.2 Å². The molecule has 0 bridgehead atoms. The van der Waals surface area contributed by atoms with Crippen molar-refractivity contribution >= 4 is 23.2 Å². The van der Waals surface area contributed by atoms with Crippen molar-refractivity contribution in [2.75, 3.05) is 6.54 Å². The Kier molecular flexibility index (Phi) is 5.13. The number of para-hydroxylation sites is 1. The van der Waals surface area contributed by atoms with Gasteiger partial charge >= 0.3 is 5.97 Å². The maximum absolute atomic E-state index is 12.6. The molecule has 1 amide bonds. The normalized spacial score (nSPS) is 11.9. The van der Waals surface area contributed by atoms with Crippen LogP contribution in [0.3, 0.4) is 0 Å². The van der Waals surface area contributed by atoms with E-state index in [-0.39, 0.29) is 11.6 Å². The molecule has 8 heteroatoms. The van der Waals surface area contributed by atoms with Gasteiger partial charge in [-0.25, -0.2) is 14.5 Å². The Hall–Kier alpha value is -3.00. The van der Waals surface area contributed by atoms with Crippen molar-refractivity contribution in [2.24, 2.45) is 0 Å². The van der Waals surface area contributed by atoms with Crippen LogP contribution < -0.4 is 0 Å². The average Bonchev–Trinajstić information content (AvgIpc) is 3.32. The Balaban J connectivity index is 1.83. The number of amides is 1. The molecule has 1 aromatic carbocycles. The summed E-state index contributed by atoms with van der Waals surface area (Å²) in [6.07, 6.45) is 3.54. The Morgan fingerprint density at radius 1 is 1.31 bits per heavy atom. The fraction of sp³-hybridized carbons (Fsp3) is 0.222. The van der Waals surface area contributed by atoms with Crippen molar-refractivity contribution in [1.82, 2.24) is 19.7 Å².